The van der Waals surface area contributed by atoms with Gasteiger partial charge in [-0.2, -0.15) is 4.52 Å². The minimum Gasteiger partial charge on any atom is -0.486 e. The van der Waals surface area contributed by atoms with E-state index in [9.17, 15) is 4.39 Å². The first-order chi connectivity index (χ1) is 14.3. The normalized spacial score (nSPS) is 15.6. The molecule has 146 valence electrons. The molecule has 0 amide bonds. The number of ether oxygens (including phenoxy) is 2. The molecule has 0 radical (unpaired) electrons. The standard InChI is InChI=1S/C21H18FN5O2/c22-17-7-5-14(6-8-17)16-9-15(21-24-25-26-27(21)12-16)10-23-11-18-13-28-19-3-1-2-4-20(19)29-18/h1-9,12,18,23H,10-11,13H2/t18-/m0/s1. The predicted molar refractivity (Wildman–Crippen MR) is 104 cm³/mol. The number of halogens is 1. The highest BCUT2D eigenvalue weighted by Gasteiger charge is 2.20. The molecule has 8 heteroatoms. The lowest BCUT2D eigenvalue weighted by Gasteiger charge is -2.26. The number of fused-ring (bicyclic) bond motifs is 2. The van der Waals surface area contributed by atoms with Crippen LogP contribution in [0.25, 0.3) is 16.8 Å². The van der Waals surface area contributed by atoms with Gasteiger partial charge in [0.25, 0.3) is 0 Å². The van der Waals surface area contributed by atoms with Crippen LogP contribution in [-0.2, 0) is 6.54 Å². The maximum absolute atomic E-state index is 13.3. The molecule has 7 nitrogen and oxygen atoms in total. The van der Waals surface area contributed by atoms with Gasteiger partial charge in [-0.1, -0.05) is 24.3 Å². The Balaban J connectivity index is 1.31. The lowest BCUT2D eigenvalue weighted by atomic mass is 10.1. The number of nitrogens with zero attached hydrogens (tertiary/aromatic N) is 4. The van der Waals surface area contributed by atoms with Crippen LogP contribution in [-0.4, -0.2) is 39.3 Å². The van der Waals surface area contributed by atoms with E-state index in [1.807, 2.05) is 36.5 Å². The average molecular weight is 391 g/mol. The quantitative estimate of drug-likeness (QED) is 0.564. The van der Waals surface area contributed by atoms with E-state index >= 15 is 0 Å². The first-order valence-electron chi connectivity index (χ1n) is 9.32. The molecule has 29 heavy (non-hydrogen) atoms. The number of hydrogen-bond acceptors (Lipinski definition) is 6. The zero-order valence-electron chi connectivity index (χ0n) is 15.5. The zero-order chi connectivity index (χ0) is 19.6. The van der Waals surface area contributed by atoms with Gasteiger partial charge in [0.1, 0.15) is 18.5 Å². The highest BCUT2D eigenvalue weighted by atomic mass is 19.1. The van der Waals surface area contributed by atoms with E-state index in [4.69, 9.17) is 9.47 Å². The monoisotopic (exact) mass is 391 g/mol. The van der Waals surface area contributed by atoms with Gasteiger partial charge in [0.15, 0.2) is 17.1 Å². The topological polar surface area (TPSA) is 73.6 Å². The lowest BCUT2D eigenvalue weighted by molar-refractivity contribution is 0.0902. The first-order valence-corrected chi connectivity index (χ1v) is 9.32. The van der Waals surface area contributed by atoms with Crippen molar-refractivity contribution in [1.82, 2.24) is 25.4 Å². The van der Waals surface area contributed by atoms with Crippen molar-refractivity contribution in [2.24, 2.45) is 0 Å². The average Bonchev–Trinajstić information content (AvgIpc) is 3.23. The Morgan fingerprint density at radius 3 is 2.76 bits per heavy atom. The summed E-state index contributed by atoms with van der Waals surface area (Å²) in [6, 6.07) is 16.0. The van der Waals surface area contributed by atoms with Gasteiger partial charge < -0.3 is 14.8 Å². The number of hydrogen-bond donors (Lipinski definition) is 1. The Morgan fingerprint density at radius 2 is 1.90 bits per heavy atom. The Kier molecular flexibility index (Phi) is 4.53. The number of para-hydroxylation sites is 2. The molecule has 0 fully saturated rings. The fraction of sp³-hybridized carbons (Fsp3) is 0.190. The first kappa shape index (κ1) is 17.6. The maximum atomic E-state index is 13.3. The minimum absolute atomic E-state index is 0.0859. The minimum atomic E-state index is -0.268. The van der Waals surface area contributed by atoms with E-state index in [0.717, 1.165) is 28.2 Å². The van der Waals surface area contributed by atoms with Gasteiger partial charge in [0.2, 0.25) is 0 Å². The van der Waals surface area contributed by atoms with E-state index in [1.165, 1.54) is 12.1 Å². The van der Waals surface area contributed by atoms with Crippen molar-refractivity contribution in [2.45, 2.75) is 12.6 Å². The van der Waals surface area contributed by atoms with Crippen LogP contribution < -0.4 is 14.8 Å². The summed E-state index contributed by atoms with van der Waals surface area (Å²) >= 11 is 0. The van der Waals surface area contributed by atoms with Gasteiger partial charge >= 0.3 is 0 Å². The zero-order valence-corrected chi connectivity index (χ0v) is 15.5. The second-order valence-corrected chi connectivity index (χ2v) is 6.84. The molecular weight excluding hydrogens is 373 g/mol. The summed E-state index contributed by atoms with van der Waals surface area (Å²) in [4.78, 5) is 0. The Labute approximate surface area is 166 Å². The SMILES string of the molecule is Fc1ccc(-c2cc(CNC[C@H]3COc4ccccc4O3)c3nnnn3c2)cc1. The largest absolute Gasteiger partial charge is 0.486 e. The molecule has 0 unspecified atom stereocenters. The predicted octanol–water partition coefficient (Wildman–Crippen LogP) is 2.86. The highest BCUT2D eigenvalue weighted by Crippen LogP contribution is 2.30. The summed E-state index contributed by atoms with van der Waals surface area (Å²) in [5.41, 5.74) is 3.42. The molecule has 2 aromatic carbocycles. The van der Waals surface area contributed by atoms with Gasteiger partial charge in [-0.25, -0.2) is 4.39 Å². The third-order valence-corrected chi connectivity index (χ3v) is 4.80. The number of rotatable bonds is 5. The second-order valence-electron chi connectivity index (χ2n) is 6.84. The Bertz CT molecular complexity index is 1150. The van der Waals surface area contributed by atoms with E-state index in [0.29, 0.717) is 25.3 Å². The fourth-order valence-electron chi connectivity index (χ4n) is 3.38. The molecule has 5 rings (SSSR count). The van der Waals surface area contributed by atoms with Crippen molar-refractivity contribution in [3.05, 3.63) is 72.2 Å². The Hall–Kier alpha value is -3.52. The van der Waals surface area contributed by atoms with Crippen molar-refractivity contribution >= 4 is 5.65 Å². The van der Waals surface area contributed by atoms with Crippen LogP contribution in [0.5, 0.6) is 11.5 Å². The van der Waals surface area contributed by atoms with Crippen molar-refractivity contribution in [2.75, 3.05) is 13.2 Å². The molecule has 2 aromatic heterocycles. The van der Waals surface area contributed by atoms with Crippen LogP contribution in [0.1, 0.15) is 5.56 Å². The molecule has 3 heterocycles. The van der Waals surface area contributed by atoms with Crippen molar-refractivity contribution in [3.8, 4) is 22.6 Å². The highest BCUT2D eigenvalue weighted by molar-refractivity contribution is 5.66. The van der Waals surface area contributed by atoms with Gasteiger partial charge in [0.05, 0.1) is 0 Å². The third kappa shape index (κ3) is 3.62. The van der Waals surface area contributed by atoms with E-state index in [1.54, 1.807) is 16.6 Å². The van der Waals surface area contributed by atoms with Crippen LogP contribution in [0, 0.1) is 5.82 Å². The summed E-state index contributed by atoms with van der Waals surface area (Å²) in [7, 11) is 0. The van der Waals surface area contributed by atoms with Gasteiger partial charge in [-0.3, -0.25) is 0 Å². The summed E-state index contributed by atoms with van der Waals surface area (Å²) in [5.74, 6) is 1.26. The molecule has 1 N–H and O–H groups in total. The molecule has 0 bridgehead atoms. The number of nitrogens with one attached hydrogen (secondary N) is 1. The lowest BCUT2D eigenvalue weighted by Crippen LogP contribution is -2.38. The van der Waals surface area contributed by atoms with Crippen LogP contribution in [0.4, 0.5) is 4.39 Å². The summed E-state index contributed by atoms with van der Waals surface area (Å²) in [5, 5.41) is 15.3. The van der Waals surface area contributed by atoms with Crippen LogP contribution in [0.15, 0.2) is 60.8 Å². The number of benzene rings is 2. The van der Waals surface area contributed by atoms with E-state index in [2.05, 4.69) is 20.8 Å². The van der Waals surface area contributed by atoms with Crippen LogP contribution in [0.2, 0.25) is 0 Å². The molecule has 1 aliphatic rings. The molecule has 1 aliphatic heterocycles. The molecule has 0 aliphatic carbocycles. The molecule has 1 atom stereocenters. The third-order valence-electron chi connectivity index (χ3n) is 4.80. The van der Waals surface area contributed by atoms with Crippen molar-refractivity contribution in [1.29, 1.82) is 0 Å². The van der Waals surface area contributed by atoms with Crippen molar-refractivity contribution in [3.63, 3.8) is 0 Å². The fourth-order valence-corrected chi connectivity index (χ4v) is 3.38. The summed E-state index contributed by atoms with van der Waals surface area (Å²) in [6.07, 6.45) is 1.75. The number of pyridine rings is 1. The van der Waals surface area contributed by atoms with Gasteiger partial charge in [-0.15, -0.1) is 5.10 Å². The van der Waals surface area contributed by atoms with Crippen molar-refractivity contribution < 1.29 is 13.9 Å². The summed E-state index contributed by atoms with van der Waals surface area (Å²) < 4.78 is 26.6. The molecular formula is C21H18FN5O2. The van der Waals surface area contributed by atoms with E-state index < -0.39 is 0 Å². The Morgan fingerprint density at radius 1 is 1.07 bits per heavy atom. The van der Waals surface area contributed by atoms with Gasteiger partial charge in [-0.05, 0) is 46.3 Å². The van der Waals surface area contributed by atoms with Crippen LogP contribution in [0.3, 0.4) is 0 Å². The summed E-state index contributed by atoms with van der Waals surface area (Å²) in [6.45, 7) is 1.66. The second kappa shape index (κ2) is 7.48. The molecule has 0 saturated carbocycles. The molecule has 4 aromatic rings. The number of aromatic nitrogens is 4. The number of tetrazole rings is 1. The molecule has 0 spiro atoms. The van der Waals surface area contributed by atoms with E-state index in [-0.39, 0.29) is 11.9 Å². The van der Waals surface area contributed by atoms with Gasteiger partial charge in [0, 0.05) is 30.4 Å². The van der Waals surface area contributed by atoms with Crippen LogP contribution >= 0.6 is 0 Å². The smallest absolute Gasteiger partial charge is 0.183 e. The maximum Gasteiger partial charge on any atom is 0.183 e. The molecule has 0 saturated heterocycles.